The minimum absolute atomic E-state index is 0.0809. The summed E-state index contributed by atoms with van der Waals surface area (Å²) in [5.74, 6) is -2.09. The van der Waals surface area contributed by atoms with Crippen LogP contribution in [-0.2, 0) is 27.2 Å². The van der Waals surface area contributed by atoms with Gasteiger partial charge in [0.25, 0.3) is 0 Å². The Morgan fingerprint density at radius 2 is 1.75 bits per heavy atom. The van der Waals surface area contributed by atoms with E-state index < -0.39 is 35.6 Å². The smallest absolute Gasteiger partial charge is 0.243 e. The van der Waals surface area contributed by atoms with Crippen molar-refractivity contribution >= 4 is 40.3 Å². The second-order valence-corrected chi connectivity index (χ2v) is 7.51. The molecule has 3 amide bonds. The molecule has 0 aliphatic heterocycles. The Hall–Kier alpha value is -2.49. The van der Waals surface area contributed by atoms with Gasteiger partial charge >= 0.3 is 0 Å². The van der Waals surface area contributed by atoms with Gasteiger partial charge in [0.2, 0.25) is 17.7 Å². The highest BCUT2D eigenvalue weighted by Gasteiger charge is 2.26. The van der Waals surface area contributed by atoms with Gasteiger partial charge in [-0.25, -0.2) is 4.39 Å². The molecule has 148 valence electrons. The number of nitrogens with two attached hydrogens (primary N) is 1. The lowest BCUT2D eigenvalue weighted by molar-refractivity contribution is -0.130. The molecule has 2 rings (SSSR count). The molecule has 0 heterocycles. The van der Waals surface area contributed by atoms with Crippen LogP contribution in [0.1, 0.15) is 18.1 Å². The van der Waals surface area contributed by atoms with Gasteiger partial charge in [0.15, 0.2) is 0 Å². The number of amides is 3. The molecule has 6 nitrogen and oxygen atoms in total. The average Bonchev–Trinajstić information content (AvgIpc) is 2.61. The highest BCUT2D eigenvalue weighted by Crippen LogP contribution is 2.14. The van der Waals surface area contributed by atoms with Gasteiger partial charge in [-0.05, 0) is 51.9 Å². The molecule has 0 fully saturated rings. The molecule has 0 spiro atoms. The Morgan fingerprint density at radius 3 is 2.36 bits per heavy atom. The van der Waals surface area contributed by atoms with E-state index in [2.05, 4.69) is 33.2 Å². The van der Waals surface area contributed by atoms with E-state index in [0.717, 1.165) is 9.13 Å². The topological polar surface area (TPSA) is 101 Å². The third-order valence-electron chi connectivity index (χ3n) is 4.06. The molecule has 0 saturated heterocycles. The molecular formula is C20H21FIN3O3. The minimum Gasteiger partial charge on any atom is -0.368 e. The van der Waals surface area contributed by atoms with Gasteiger partial charge in [0.1, 0.15) is 17.9 Å². The quantitative estimate of drug-likeness (QED) is 0.484. The molecular weight excluding hydrogens is 476 g/mol. The molecule has 2 aromatic carbocycles. The average molecular weight is 497 g/mol. The van der Waals surface area contributed by atoms with Gasteiger partial charge in [-0.15, -0.1) is 0 Å². The summed E-state index contributed by atoms with van der Waals surface area (Å²) in [6.07, 6.45) is 0.310. The van der Waals surface area contributed by atoms with E-state index in [-0.39, 0.29) is 12.8 Å². The van der Waals surface area contributed by atoms with Crippen LogP contribution in [-0.4, -0.2) is 29.8 Å². The van der Waals surface area contributed by atoms with Crippen molar-refractivity contribution in [1.29, 1.82) is 0 Å². The van der Waals surface area contributed by atoms with Crippen molar-refractivity contribution in [2.24, 2.45) is 5.73 Å². The van der Waals surface area contributed by atoms with Gasteiger partial charge in [-0.2, -0.15) is 0 Å². The lowest BCUT2D eigenvalue weighted by Crippen LogP contribution is -2.54. The Kier molecular flexibility index (Phi) is 7.91. The third kappa shape index (κ3) is 6.59. The van der Waals surface area contributed by atoms with Crippen LogP contribution in [0.15, 0.2) is 48.5 Å². The molecule has 0 aliphatic carbocycles. The molecule has 0 aromatic heterocycles. The van der Waals surface area contributed by atoms with Crippen molar-refractivity contribution < 1.29 is 18.8 Å². The van der Waals surface area contributed by atoms with E-state index in [0.29, 0.717) is 5.56 Å². The lowest BCUT2D eigenvalue weighted by atomic mass is 10.0. The number of rotatable bonds is 8. The van der Waals surface area contributed by atoms with Crippen LogP contribution >= 0.6 is 22.6 Å². The number of hydrogen-bond donors (Lipinski definition) is 3. The van der Waals surface area contributed by atoms with Crippen LogP contribution < -0.4 is 16.4 Å². The van der Waals surface area contributed by atoms with Crippen molar-refractivity contribution in [1.82, 2.24) is 10.6 Å². The number of nitrogens with one attached hydrogen (secondary N) is 2. The first-order valence-electron chi connectivity index (χ1n) is 8.61. The monoisotopic (exact) mass is 497 g/mol. The van der Waals surface area contributed by atoms with Gasteiger partial charge in [-0.1, -0.05) is 30.3 Å². The predicted octanol–water partition coefficient (Wildman–Crippen LogP) is 1.69. The van der Waals surface area contributed by atoms with Gasteiger partial charge in [-0.3, -0.25) is 14.4 Å². The first-order chi connectivity index (χ1) is 13.3. The van der Waals surface area contributed by atoms with Crippen LogP contribution in [0.5, 0.6) is 0 Å². The molecule has 0 radical (unpaired) electrons. The van der Waals surface area contributed by atoms with Crippen LogP contribution in [0.25, 0.3) is 0 Å². The highest BCUT2D eigenvalue weighted by atomic mass is 127. The van der Waals surface area contributed by atoms with E-state index in [9.17, 15) is 18.8 Å². The number of benzene rings is 2. The van der Waals surface area contributed by atoms with E-state index in [1.54, 1.807) is 6.07 Å². The zero-order valence-corrected chi connectivity index (χ0v) is 17.4. The van der Waals surface area contributed by atoms with Gasteiger partial charge in [0.05, 0.1) is 0 Å². The van der Waals surface area contributed by atoms with Crippen molar-refractivity contribution in [2.45, 2.75) is 31.8 Å². The Bertz CT molecular complexity index is 875. The molecule has 2 aromatic rings. The fraction of sp³-hybridized carbons (Fsp3) is 0.250. The van der Waals surface area contributed by atoms with Gasteiger partial charge < -0.3 is 16.4 Å². The summed E-state index contributed by atoms with van der Waals surface area (Å²) < 4.78 is 14.4. The summed E-state index contributed by atoms with van der Waals surface area (Å²) in [5.41, 5.74) is 6.88. The second kappa shape index (κ2) is 10.2. The van der Waals surface area contributed by atoms with E-state index in [1.165, 1.54) is 25.1 Å². The zero-order valence-electron chi connectivity index (χ0n) is 15.2. The normalized spacial score (nSPS) is 12.7. The summed E-state index contributed by atoms with van der Waals surface area (Å²) in [5, 5.41) is 5.15. The summed E-state index contributed by atoms with van der Waals surface area (Å²) in [6.45, 7) is 1.28. The summed E-state index contributed by atoms with van der Waals surface area (Å²) in [6, 6.07) is 11.3. The van der Waals surface area contributed by atoms with Crippen molar-refractivity contribution in [3.8, 4) is 0 Å². The minimum atomic E-state index is -0.962. The summed E-state index contributed by atoms with van der Waals surface area (Å²) >= 11 is 2.14. The molecule has 0 aliphatic rings. The maximum atomic E-state index is 13.4. The Morgan fingerprint density at radius 1 is 1.04 bits per heavy atom. The summed E-state index contributed by atoms with van der Waals surface area (Å²) in [4.78, 5) is 36.1. The molecule has 0 unspecified atom stereocenters. The first kappa shape index (κ1) is 21.8. The largest absolute Gasteiger partial charge is 0.368 e. The molecule has 8 heteroatoms. The number of halogens is 2. The number of carbonyl (C=O) groups excluding carboxylic acids is 3. The number of hydrogen-bond acceptors (Lipinski definition) is 3. The Labute approximate surface area is 176 Å². The molecule has 4 N–H and O–H groups in total. The van der Waals surface area contributed by atoms with E-state index in [1.807, 2.05) is 24.3 Å². The highest BCUT2D eigenvalue weighted by molar-refractivity contribution is 14.1. The maximum Gasteiger partial charge on any atom is 0.243 e. The SMILES string of the molecule is CC(=O)N[C@H](Cc1cccc(F)c1)C(=O)N[C@H](Cc1ccccc1I)C(N)=O. The van der Waals surface area contributed by atoms with Crippen LogP contribution in [0, 0.1) is 9.39 Å². The second-order valence-electron chi connectivity index (χ2n) is 6.35. The molecule has 28 heavy (non-hydrogen) atoms. The number of primary amides is 1. The fourth-order valence-electron chi connectivity index (χ4n) is 2.73. The molecule has 0 saturated carbocycles. The number of carbonyl (C=O) groups is 3. The van der Waals surface area contributed by atoms with Crippen molar-refractivity contribution in [3.63, 3.8) is 0 Å². The molecule has 2 atom stereocenters. The zero-order chi connectivity index (χ0) is 20.7. The third-order valence-corrected chi connectivity index (χ3v) is 5.12. The lowest BCUT2D eigenvalue weighted by Gasteiger charge is -2.22. The van der Waals surface area contributed by atoms with E-state index >= 15 is 0 Å². The van der Waals surface area contributed by atoms with Crippen molar-refractivity contribution in [3.05, 3.63) is 69.0 Å². The van der Waals surface area contributed by atoms with E-state index in [4.69, 9.17) is 5.73 Å². The predicted molar refractivity (Wildman–Crippen MR) is 112 cm³/mol. The van der Waals surface area contributed by atoms with Crippen LogP contribution in [0.4, 0.5) is 4.39 Å². The Balaban J connectivity index is 2.15. The standard InChI is InChI=1S/C20H21FIN3O3/c1-12(26)24-18(10-13-5-4-7-15(21)9-13)20(28)25-17(19(23)27)11-14-6-2-3-8-16(14)22/h2-9,17-18H,10-11H2,1H3,(H2,23,27)(H,24,26)(H,25,28)/t17-,18-/m1/s1. The van der Waals surface area contributed by atoms with Crippen LogP contribution in [0.2, 0.25) is 0 Å². The molecule has 0 bridgehead atoms. The maximum absolute atomic E-state index is 13.4. The van der Waals surface area contributed by atoms with Gasteiger partial charge in [0, 0.05) is 23.3 Å². The summed E-state index contributed by atoms with van der Waals surface area (Å²) in [7, 11) is 0. The van der Waals surface area contributed by atoms with Crippen LogP contribution in [0.3, 0.4) is 0 Å². The first-order valence-corrected chi connectivity index (χ1v) is 9.68. The fourth-order valence-corrected chi connectivity index (χ4v) is 3.34. The van der Waals surface area contributed by atoms with Crippen molar-refractivity contribution in [2.75, 3.05) is 0 Å².